The van der Waals surface area contributed by atoms with Gasteiger partial charge in [-0.25, -0.2) is 9.67 Å². The van der Waals surface area contributed by atoms with E-state index in [1.807, 2.05) is 49.4 Å². The maximum atomic E-state index is 12.8. The lowest BCUT2D eigenvalue weighted by Gasteiger charge is -2.22. The number of ether oxygens (including phenoxy) is 1. The van der Waals surface area contributed by atoms with Gasteiger partial charge in [-0.3, -0.25) is 4.79 Å². The van der Waals surface area contributed by atoms with Gasteiger partial charge < -0.3 is 10.1 Å². The topological polar surface area (TPSA) is 69.0 Å². The van der Waals surface area contributed by atoms with Crippen LogP contribution in [-0.2, 0) is 0 Å². The summed E-state index contributed by atoms with van der Waals surface area (Å²) in [4.78, 5) is 17.1. The largest absolute Gasteiger partial charge is 0.489 e. The van der Waals surface area contributed by atoms with E-state index in [1.165, 1.54) is 32.1 Å². The Balaban J connectivity index is 1.46. The van der Waals surface area contributed by atoms with Crippen molar-refractivity contribution in [1.29, 1.82) is 0 Å². The van der Waals surface area contributed by atoms with E-state index in [2.05, 4.69) is 15.4 Å². The second-order valence-corrected chi connectivity index (χ2v) is 7.54. The molecule has 6 heteroatoms. The van der Waals surface area contributed by atoms with Crippen LogP contribution in [0.3, 0.4) is 0 Å². The molecule has 6 nitrogen and oxygen atoms in total. The van der Waals surface area contributed by atoms with E-state index < -0.39 is 0 Å². The second kappa shape index (κ2) is 8.90. The van der Waals surface area contributed by atoms with Crippen LogP contribution < -0.4 is 10.1 Å². The fraction of sp³-hybridized carbons (Fsp3) is 0.348. The lowest BCUT2D eigenvalue weighted by Crippen LogP contribution is -2.18. The van der Waals surface area contributed by atoms with Crippen molar-refractivity contribution in [3.63, 3.8) is 0 Å². The first-order valence-corrected chi connectivity index (χ1v) is 10.2. The first-order chi connectivity index (χ1) is 14.2. The van der Waals surface area contributed by atoms with E-state index in [1.54, 1.807) is 16.9 Å². The number of hydrogen-bond acceptors (Lipinski definition) is 4. The van der Waals surface area contributed by atoms with Gasteiger partial charge in [-0.1, -0.05) is 37.5 Å². The molecule has 0 spiro atoms. The van der Waals surface area contributed by atoms with Gasteiger partial charge in [0.2, 0.25) is 0 Å². The summed E-state index contributed by atoms with van der Waals surface area (Å²) in [7, 11) is 0. The highest BCUT2D eigenvalue weighted by Gasteiger charge is 2.18. The molecule has 0 radical (unpaired) electrons. The molecule has 1 saturated carbocycles. The maximum absolute atomic E-state index is 12.8. The number of nitrogens with zero attached hydrogens (tertiary/aromatic N) is 3. The van der Waals surface area contributed by atoms with Crippen molar-refractivity contribution >= 4 is 11.7 Å². The summed E-state index contributed by atoms with van der Waals surface area (Å²) in [6.07, 6.45) is 7.93. The minimum absolute atomic E-state index is 0.302. The average molecular weight is 390 g/mol. The Kier molecular flexibility index (Phi) is 5.89. The molecule has 1 aliphatic carbocycles. The summed E-state index contributed by atoms with van der Waals surface area (Å²) in [6, 6.07) is 15.2. The van der Waals surface area contributed by atoms with Crippen LogP contribution in [0.2, 0.25) is 0 Å². The Hall–Kier alpha value is -3.15. The van der Waals surface area contributed by atoms with Crippen LogP contribution in [0.4, 0.5) is 5.82 Å². The van der Waals surface area contributed by atoms with Crippen molar-refractivity contribution < 1.29 is 9.53 Å². The molecule has 1 aliphatic rings. The number of pyridine rings is 1. The number of para-hydroxylation sites is 1. The van der Waals surface area contributed by atoms with Gasteiger partial charge in [0.25, 0.3) is 5.91 Å². The number of aromatic nitrogens is 3. The quantitative estimate of drug-likeness (QED) is 0.657. The Bertz CT molecular complexity index is 962. The number of hydrogen-bond donors (Lipinski definition) is 1. The molecule has 2 heterocycles. The van der Waals surface area contributed by atoms with Crippen LogP contribution in [0.1, 0.15) is 48.3 Å². The standard InChI is InChI=1S/C23H26N4O2/c1-17-15-20(26-27(17)19-11-6-3-7-12-19)23(28)25-22-21(13-8-14-24-22)29-16-18-9-4-2-5-10-18/h3,6-8,11-15,18H,2,4-5,9-10,16H2,1H3,(H,24,25,28). The molecule has 0 bridgehead atoms. The van der Waals surface area contributed by atoms with Crippen LogP contribution in [-0.4, -0.2) is 27.3 Å². The smallest absolute Gasteiger partial charge is 0.277 e. The van der Waals surface area contributed by atoms with E-state index in [9.17, 15) is 4.79 Å². The van der Waals surface area contributed by atoms with Crippen molar-refractivity contribution in [2.24, 2.45) is 5.92 Å². The number of aryl methyl sites for hydroxylation is 1. The lowest BCUT2D eigenvalue weighted by atomic mass is 9.90. The first-order valence-electron chi connectivity index (χ1n) is 10.2. The van der Waals surface area contributed by atoms with Crippen LogP contribution in [0.15, 0.2) is 54.7 Å². The Morgan fingerprint density at radius 3 is 2.72 bits per heavy atom. The molecule has 3 aromatic rings. The third-order valence-electron chi connectivity index (χ3n) is 5.32. The van der Waals surface area contributed by atoms with E-state index in [-0.39, 0.29) is 5.91 Å². The number of carbonyl (C=O) groups is 1. The van der Waals surface area contributed by atoms with E-state index in [0.717, 1.165) is 11.4 Å². The van der Waals surface area contributed by atoms with Crippen molar-refractivity contribution in [3.8, 4) is 11.4 Å². The molecule has 0 unspecified atom stereocenters. The molecular weight excluding hydrogens is 364 g/mol. The summed E-state index contributed by atoms with van der Waals surface area (Å²) in [5.74, 6) is 1.31. The fourth-order valence-corrected chi connectivity index (χ4v) is 3.75. The summed E-state index contributed by atoms with van der Waals surface area (Å²) in [5.41, 5.74) is 2.14. The van der Waals surface area contributed by atoms with Gasteiger partial charge in [0.1, 0.15) is 0 Å². The fourth-order valence-electron chi connectivity index (χ4n) is 3.75. The zero-order chi connectivity index (χ0) is 20.1. The van der Waals surface area contributed by atoms with E-state index in [4.69, 9.17) is 4.74 Å². The summed E-state index contributed by atoms with van der Waals surface area (Å²) < 4.78 is 7.77. The third kappa shape index (κ3) is 4.65. The number of amides is 1. The van der Waals surface area contributed by atoms with Gasteiger partial charge in [0.05, 0.1) is 12.3 Å². The average Bonchev–Trinajstić information content (AvgIpc) is 3.16. The van der Waals surface area contributed by atoms with Gasteiger partial charge >= 0.3 is 0 Å². The van der Waals surface area contributed by atoms with E-state index >= 15 is 0 Å². The SMILES string of the molecule is Cc1cc(C(=O)Nc2ncccc2OCC2CCCCC2)nn1-c1ccccc1. The van der Waals surface area contributed by atoms with Crippen molar-refractivity contribution in [1.82, 2.24) is 14.8 Å². The number of nitrogens with one attached hydrogen (secondary N) is 1. The van der Waals surface area contributed by atoms with Crippen molar-refractivity contribution in [2.45, 2.75) is 39.0 Å². The minimum atomic E-state index is -0.302. The molecule has 1 N–H and O–H groups in total. The van der Waals surface area contributed by atoms with Crippen LogP contribution in [0.5, 0.6) is 5.75 Å². The number of anilines is 1. The zero-order valence-corrected chi connectivity index (χ0v) is 16.7. The molecule has 150 valence electrons. The van der Waals surface area contributed by atoms with Crippen LogP contribution in [0, 0.1) is 12.8 Å². The van der Waals surface area contributed by atoms with Gasteiger partial charge in [-0.2, -0.15) is 5.10 Å². The Morgan fingerprint density at radius 2 is 1.93 bits per heavy atom. The zero-order valence-electron chi connectivity index (χ0n) is 16.7. The van der Waals surface area contributed by atoms with Gasteiger partial charge in [-0.15, -0.1) is 0 Å². The summed E-state index contributed by atoms with van der Waals surface area (Å²) >= 11 is 0. The highest BCUT2D eigenvalue weighted by molar-refractivity contribution is 6.03. The minimum Gasteiger partial charge on any atom is -0.489 e. The lowest BCUT2D eigenvalue weighted by molar-refractivity contribution is 0.102. The van der Waals surface area contributed by atoms with Crippen LogP contribution in [0.25, 0.3) is 5.69 Å². The molecule has 0 aliphatic heterocycles. The molecule has 1 amide bonds. The highest BCUT2D eigenvalue weighted by Crippen LogP contribution is 2.27. The number of benzene rings is 1. The molecular formula is C23H26N4O2. The molecule has 2 aromatic heterocycles. The van der Waals surface area contributed by atoms with Crippen LogP contribution >= 0.6 is 0 Å². The number of carbonyl (C=O) groups excluding carboxylic acids is 1. The predicted molar refractivity (Wildman–Crippen MR) is 113 cm³/mol. The van der Waals surface area contributed by atoms with Crippen molar-refractivity contribution in [2.75, 3.05) is 11.9 Å². The Labute approximate surface area is 170 Å². The van der Waals surface area contributed by atoms with Gasteiger partial charge in [0, 0.05) is 11.9 Å². The second-order valence-electron chi connectivity index (χ2n) is 7.54. The maximum Gasteiger partial charge on any atom is 0.277 e. The molecule has 0 atom stereocenters. The molecule has 1 aromatic carbocycles. The molecule has 29 heavy (non-hydrogen) atoms. The van der Waals surface area contributed by atoms with Gasteiger partial charge in [-0.05, 0) is 56.0 Å². The normalized spacial score (nSPS) is 14.5. The van der Waals surface area contributed by atoms with Gasteiger partial charge in [0.15, 0.2) is 17.3 Å². The first kappa shape index (κ1) is 19.2. The Morgan fingerprint density at radius 1 is 1.14 bits per heavy atom. The van der Waals surface area contributed by atoms with E-state index in [0.29, 0.717) is 29.8 Å². The molecule has 1 fully saturated rings. The summed E-state index contributed by atoms with van der Waals surface area (Å²) in [5, 5.41) is 7.32. The predicted octanol–water partition coefficient (Wildman–Crippen LogP) is 4.79. The molecule has 4 rings (SSSR count). The molecule has 0 saturated heterocycles. The summed E-state index contributed by atoms with van der Waals surface area (Å²) in [6.45, 7) is 2.59. The number of rotatable bonds is 6. The monoisotopic (exact) mass is 390 g/mol. The third-order valence-corrected chi connectivity index (χ3v) is 5.32. The van der Waals surface area contributed by atoms with Crippen molar-refractivity contribution in [3.05, 3.63) is 66.1 Å². The highest BCUT2D eigenvalue weighted by atomic mass is 16.5.